The quantitative estimate of drug-likeness (QED) is 0.865. The fourth-order valence-electron chi connectivity index (χ4n) is 1.51. The lowest BCUT2D eigenvalue weighted by Crippen LogP contribution is -2.30. The summed E-state index contributed by atoms with van der Waals surface area (Å²) in [5, 5.41) is 0.307. The largest absolute Gasteiger partial charge is 0.329 e. The highest BCUT2D eigenvalue weighted by Gasteiger charge is 2.24. The molecule has 18 heavy (non-hydrogen) atoms. The van der Waals surface area contributed by atoms with E-state index in [9.17, 15) is 8.42 Å². The topological polar surface area (TPSA) is 60.2 Å². The minimum Gasteiger partial charge on any atom is -0.329 e. The van der Waals surface area contributed by atoms with Crippen molar-refractivity contribution >= 4 is 21.6 Å². The van der Waals surface area contributed by atoms with Gasteiger partial charge in [-0.05, 0) is 29.7 Å². The molecule has 0 bridgehead atoms. The molecule has 0 aliphatic rings. The average Bonchev–Trinajstić information content (AvgIpc) is 2.23. The molecule has 5 heteroatoms. The zero-order valence-corrected chi connectivity index (χ0v) is 12.9. The number of hydrogen-bond donors (Lipinski definition) is 1. The van der Waals surface area contributed by atoms with Crippen molar-refractivity contribution in [1.29, 1.82) is 0 Å². The van der Waals surface area contributed by atoms with Crippen molar-refractivity contribution in [2.75, 3.05) is 12.8 Å². The first-order valence-electron chi connectivity index (χ1n) is 5.81. The second kappa shape index (κ2) is 5.63. The molecular formula is C13H21NO2S2. The van der Waals surface area contributed by atoms with Gasteiger partial charge in [-0.3, -0.25) is 0 Å². The standard InChI is InChI=1S/C13H21NO2S2/c1-13(2,3)12(9-14)17-10-5-7-11(8-6-10)18(4,15)16/h5-8,12H,9,14H2,1-4H3. The molecule has 0 fully saturated rings. The third kappa shape index (κ3) is 4.30. The Labute approximate surface area is 114 Å². The molecule has 0 radical (unpaired) electrons. The highest BCUT2D eigenvalue weighted by atomic mass is 32.2. The van der Waals surface area contributed by atoms with Crippen molar-refractivity contribution in [3.8, 4) is 0 Å². The molecule has 0 spiro atoms. The summed E-state index contributed by atoms with van der Waals surface area (Å²) in [6.45, 7) is 7.06. The van der Waals surface area contributed by atoms with E-state index in [1.165, 1.54) is 6.26 Å². The van der Waals surface area contributed by atoms with Crippen molar-refractivity contribution in [3.05, 3.63) is 24.3 Å². The number of thioether (sulfide) groups is 1. The predicted octanol–water partition coefficient (Wildman–Crippen LogP) is 2.56. The molecule has 1 aromatic carbocycles. The van der Waals surface area contributed by atoms with Gasteiger partial charge in [-0.2, -0.15) is 0 Å². The van der Waals surface area contributed by atoms with E-state index in [0.29, 0.717) is 16.7 Å². The third-order valence-corrected chi connectivity index (χ3v) is 5.57. The second-order valence-corrected chi connectivity index (χ2v) is 8.74. The molecule has 0 saturated heterocycles. The number of rotatable bonds is 4. The van der Waals surface area contributed by atoms with Crippen LogP contribution in [0, 0.1) is 5.41 Å². The highest BCUT2D eigenvalue weighted by molar-refractivity contribution is 8.00. The van der Waals surface area contributed by atoms with Gasteiger partial charge in [-0.15, -0.1) is 11.8 Å². The molecule has 0 aromatic heterocycles. The first-order chi connectivity index (χ1) is 8.14. The summed E-state index contributed by atoms with van der Waals surface area (Å²) in [4.78, 5) is 1.40. The van der Waals surface area contributed by atoms with Gasteiger partial charge in [0.25, 0.3) is 0 Å². The van der Waals surface area contributed by atoms with Crippen LogP contribution in [0.1, 0.15) is 20.8 Å². The lowest BCUT2D eigenvalue weighted by molar-refractivity contribution is 0.398. The second-order valence-electron chi connectivity index (χ2n) is 5.45. The summed E-state index contributed by atoms with van der Waals surface area (Å²) >= 11 is 1.70. The molecule has 0 aliphatic heterocycles. The van der Waals surface area contributed by atoms with E-state index in [0.717, 1.165) is 4.90 Å². The lowest BCUT2D eigenvalue weighted by Gasteiger charge is -2.29. The number of sulfone groups is 1. The van der Waals surface area contributed by atoms with Gasteiger partial charge in [0.15, 0.2) is 9.84 Å². The van der Waals surface area contributed by atoms with Crippen LogP contribution in [-0.2, 0) is 9.84 Å². The summed E-state index contributed by atoms with van der Waals surface area (Å²) in [5.74, 6) is 0. The van der Waals surface area contributed by atoms with E-state index in [-0.39, 0.29) is 5.41 Å². The molecule has 3 nitrogen and oxygen atoms in total. The fraction of sp³-hybridized carbons (Fsp3) is 0.538. The van der Waals surface area contributed by atoms with Gasteiger partial charge in [0, 0.05) is 22.9 Å². The lowest BCUT2D eigenvalue weighted by atomic mass is 9.92. The number of nitrogens with two attached hydrogens (primary N) is 1. The van der Waals surface area contributed by atoms with Crippen molar-refractivity contribution in [1.82, 2.24) is 0 Å². The van der Waals surface area contributed by atoms with Gasteiger partial charge >= 0.3 is 0 Å². The van der Waals surface area contributed by atoms with Gasteiger partial charge in [-0.1, -0.05) is 20.8 Å². The molecule has 1 atom stereocenters. The normalized spacial score (nSPS) is 14.5. The van der Waals surface area contributed by atoms with Gasteiger partial charge < -0.3 is 5.73 Å². The maximum Gasteiger partial charge on any atom is 0.175 e. The number of benzene rings is 1. The third-order valence-electron chi connectivity index (χ3n) is 2.71. The van der Waals surface area contributed by atoms with Crippen molar-refractivity contribution in [2.24, 2.45) is 11.1 Å². The number of hydrogen-bond acceptors (Lipinski definition) is 4. The van der Waals surface area contributed by atoms with Crippen LogP contribution in [0.4, 0.5) is 0 Å². The Morgan fingerprint density at radius 2 is 1.72 bits per heavy atom. The maximum absolute atomic E-state index is 11.4. The Kier molecular flexibility index (Phi) is 4.86. The summed E-state index contributed by atoms with van der Waals surface area (Å²) in [7, 11) is -3.12. The molecule has 102 valence electrons. The van der Waals surface area contributed by atoms with E-state index in [1.807, 2.05) is 12.1 Å². The fourth-order valence-corrected chi connectivity index (χ4v) is 3.21. The van der Waals surface area contributed by atoms with Gasteiger partial charge in [0.05, 0.1) is 4.90 Å². The van der Waals surface area contributed by atoms with Crippen LogP contribution in [0.25, 0.3) is 0 Å². The van der Waals surface area contributed by atoms with E-state index in [1.54, 1.807) is 23.9 Å². The first kappa shape index (κ1) is 15.5. The van der Waals surface area contributed by atoms with Crippen molar-refractivity contribution < 1.29 is 8.42 Å². The zero-order valence-electron chi connectivity index (χ0n) is 11.3. The predicted molar refractivity (Wildman–Crippen MR) is 77.7 cm³/mol. The zero-order chi connectivity index (χ0) is 14.0. The SMILES string of the molecule is CC(C)(C)C(CN)Sc1ccc(S(C)(=O)=O)cc1. The minimum atomic E-state index is -3.12. The van der Waals surface area contributed by atoms with Crippen LogP contribution >= 0.6 is 11.8 Å². The molecule has 0 heterocycles. The average molecular weight is 287 g/mol. The highest BCUT2D eigenvalue weighted by Crippen LogP contribution is 2.34. The van der Waals surface area contributed by atoms with E-state index < -0.39 is 9.84 Å². The van der Waals surface area contributed by atoms with Gasteiger partial charge in [0.1, 0.15) is 0 Å². The summed E-state index contributed by atoms with van der Waals surface area (Å²) < 4.78 is 22.7. The Morgan fingerprint density at radius 1 is 1.22 bits per heavy atom. The molecule has 0 amide bonds. The van der Waals surface area contributed by atoms with Crippen LogP contribution in [0.3, 0.4) is 0 Å². The Bertz CT molecular complexity index is 487. The minimum absolute atomic E-state index is 0.120. The molecule has 1 aromatic rings. The Balaban J connectivity index is 2.87. The van der Waals surface area contributed by atoms with E-state index >= 15 is 0 Å². The Hall–Kier alpha value is -0.520. The van der Waals surface area contributed by atoms with Gasteiger partial charge in [-0.25, -0.2) is 8.42 Å². The summed E-state index contributed by atoms with van der Waals surface area (Å²) in [5.41, 5.74) is 5.91. The van der Waals surface area contributed by atoms with Crippen LogP contribution in [-0.4, -0.2) is 26.5 Å². The molecule has 1 unspecified atom stereocenters. The van der Waals surface area contributed by atoms with E-state index in [2.05, 4.69) is 20.8 Å². The van der Waals surface area contributed by atoms with Gasteiger partial charge in [0.2, 0.25) is 0 Å². The molecule has 2 N–H and O–H groups in total. The van der Waals surface area contributed by atoms with Crippen molar-refractivity contribution in [3.63, 3.8) is 0 Å². The maximum atomic E-state index is 11.4. The Morgan fingerprint density at radius 3 is 2.06 bits per heavy atom. The molecule has 1 rings (SSSR count). The monoisotopic (exact) mass is 287 g/mol. The van der Waals surface area contributed by atoms with Crippen LogP contribution in [0.2, 0.25) is 0 Å². The molecule has 0 saturated carbocycles. The molecular weight excluding hydrogens is 266 g/mol. The van der Waals surface area contributed by atoms with E-state index in [4.69, 9.17) is 5.73 Å². The summed E-state index contributed by atoms with van der Waals surface area (Å²) in [6, 6.07) is 6.98. The van der Waals surface area contributed by atoms with Crippen LogP contribution < -0.4 is 5.73 Å². The van der Waals surface area contributed by atoms with Crippen LogP contribution in [0.15, 0.2) is 34.1 Å². The van der Waals surface area contributed by atoms with Crippen molar-refractivity contribution in [2.45, 2.75) is 35.8 Å². The molecule has 0 aliphatic carbocycles. The van der Waals surface area contributed by atoms with Crippen LogP contribution in [0.5, 0.6) is 0 Å². The smallest absolute Gasteiger partial charge is 0.175 e. The first-order valence-corrected chi connectivity index (χ1v) is 8.58. The summed E-state index contributed by atoms with van der Waals surface area (Å²) in [6.07, 6.45) is 1.22.